The van der Waals surface area contributed by atoms with Crippen LogP contribution in [0.25, 0.3) is 0 Å². The van der Waals surface area contributed by atoms with Crippen LogP contribution in [0.1, 0.15) is 12.8 Å². The molecule has 6 heteroatoms. The van der Waals surface area contributed by atoms with Crippen LogP contribution in [0.2, 0.25) is 0 Å². The predicted molar refractivity (Wildman–Crippen MR) is 66.6 cm³/mol. The molecule has 18 heavy (non-hydrogen) atoms. The fourth-order valence-corrected chi connectivity index (χ4v) is 2.07. The van der Waals surface area contributed by atoms with Gasteiger partial charge in [0.1, 0.15) is 0 Å². The van der Waals surface area contributed by atoms with Crippen LogP contribution >= 0.6 is 0 Å². The van der Waals surface area contributed by atoms with E-state index >= 15 is 0 Å². The van der Waals surface area contributed by atoms with Gasteiger partial charge in [0.25, 0.3) is 5.69 Å². The molecule has 0 bridgehead atoms. The molecule has 2 unspecified atom stereocenters. The van der Waals surface area contributed by atoms with Gasteiger partial charge in [-0.3, -0.25) is 10.1 Å². The van der Waals surface area contributed by atoms with Crippen molar-refractivity contribution in [1.29, 1.82) is 0 Å². The van der Waals surface area contributed by atoms with E-state index < -0.39 is 4.92 Å². The summed E-state index contributed by atoms with van der Waals surface area (Å²) in [5.74, 6) is 0. The Kier molecular flexibility index (Phi) is 4.11. The Labute approximate surface area is 105 Å². The van der Waals surface area contributed by atoms with Crippen LogP contribution in [0.15, 0.2) is 24.3 Å². The molecule has 0 aliphatic carbocycles. The van der Waals surface area contributed by atoms with Gasteiger partial charge in [-0.25, -0.2) is 0 Å². The normalized spacial score (nSPS) is 20.6. The molecule has 1 heterocycles. The van der Waals surface area contributed by atoms with Crippen LogP contribution in [0.5, 0.6) is 0 Å². The number of hydrogen-bond donors (Lipinski definition) is 2. The predicted octanol–water partition coefficient (Wildman–Crippen LogP) is 1.55. The molecule has 1 aliphatic heterocycles. The lowest BCUT2D eigenvalue weighted by atomic mass is 10.1. The number of nitro benzene ring substituents is 1. The molecule has 0 spiro atoms. The Morgan fingerprint density at radius 3 is 2.72 bits per heavy atom. The van der Waals surface area contributed by atoms with Crippen LogP contribution < -0.4 is 5.32 Å². The standard InChI is InChI=1S/C12H16N2O4/c15-8-11(12-2-1-7-18-12)13-9-3-5-10(6-4-9)14(16)17/h3-6,11-13,15H,1-2,7-8H2. The molecule has 6 nitrogen and oxygen atoms in total. The first-order valence-corrected chi connectivity index (χ1v) is 5.94. The first-order chi connectivity index (χ1) is 8.70. The van der Waals surface area contributed by atoms with Crippen molar-refractivity contribution >= 4 is 11.4 Å². The zero-order valence-corrected chi connectivity index (χ0v) is 9.91. The van der Waals surface area contributed by atoms with Crippen LogP contribution in [-0.2, 0) is 4.74 Å². The molecule has 0 aromatic heterocycles. The number of rotatable bonds is 5. The average molecular weight is 252 g/mol. The number of aliphatic hydroxyl groups is 1. The van der Waals surface area contributed by atoms with Crippen LogP contribution in [0.3, 0.4) is 0 Å². The fraction of sp³-hybridized carbons (Fsp3) is 0.500. The van der Waals surface area contributed by atoms with E-state index in [9.17, 15) is 15.2 Å². The third-order valence-electron chi connectivity index (χ3n) is 3.04. The summed E-state index contributed by atoms with van der Waals surface area (Å²) in [5.41, 5.74) is 0.799. The third-order valence-corrected chi connectivity index (χ3v) is 3.04. The molecule has 1 aromatic rings. The number of anilines is 1. The minimum Gasteiger partial charge on any atom is -0.394 e. The average Bonchev–Trinajstić information content (AvgIpc) is 2.90. The second-order valence-corrected chi connectivity index (χ2v) is 4.29. The van der Waals surface area contributed by atoms with E-state index in [2.05, 4.69) is 5.32 Å². The number of aliphatic hydroxyl groups excluding tert-OH is 1. The van der Waals surface area contributed by atoms with Gasteiger partial charge in [-0.15, -0.1) is 0 Å². The highest BCUT2D eigenvalue weighted by molar-refractivity contribution is 5.49. The summed E-state index contributed by atoms with van der Waals surface area (Å²) < 4.78 is 5.51. The first-order valence-electron chi connectivity index (χ1n) is 5.94. The smallest absolute Gasteiger partial charge is 0.269 e. The van der Waals surface area contributed by atoms with E-state index in [1.165, 1.54) is 12.1 Å². The molecular formula is C12H16N2O4. The summed E-state index contributed by atoms with van der Waals surface area (Å²) in [6, 6.07) is 5.97. The van der Waals surface area contributed by atoms with Gasteiger partial charge in [-0.2, -0.15) is 0 Å². The van der Waals surface area contributed by atoms with Crippen LogP contribution in [0, 0.1) is 10.1 Å². The molecule has 0 saturated carbocycles. The Balaban J connectivity index is 2.00. The molecule has 98 valence electrons. The van der Waals surface area contributed by atoms with E-state index in [1.807, 2.05) is 0 Å². The van der Waals surface area contributed by atoms with Crippen LogP contribution in [0.4, 0.5) is 11.4 Å². The highest BCUT2D eigenvalue weighted by atomic mass is 16.6. The number of hydrogen-bond acceptors (Lipinski definition) is 5. The zero-order valence-electron chi connectivity index (χ0n) is 9.91. The molecule has 1 fully saturated rings. The van der Waals surface area contributed by atoms with Crippen molar-refractivity contribution in [3.63, 3.8) is 0 Å². The lowest BCUT2D eigenvalue weighted by Crippen LogP contribution is -2.36. The molecule has 2 rings (SSSR count). The summed E-state index contributed by atoms with van der Waals surface area (Å²) >= 11 is 0. The molecular weight excluding hydrogens is 236 g/mol. The van der Waals surface area contributed by atoms with Gasteiger partial charge < -0.3 is 15.2 Å². The van der Waals surface area contributed by atoms with Crippen molar-refractivity contribution in [2.45, 2.75) is 25.0 Å². The van der Waals surface area contributed by atoms with E-state index in [0.717, 1.165) is 25.1 Å². The summed E-state index contributed by atoms with van der Waals surface area (Å²) in [7, 11) is 0. The third kappa shape index (κ3) is 2.96. The van der Waals surface area contributed by atoms with E-state index in [1.54, 1.807) is 12.1 Å². The topological polar surface area (TPSA) is 84.6 Å². The van der Waals surface area contributed by atoms with Crippen molar-refractivity contribution in [3.8, 4) is 0 Å². The van der Waals surface area contributed by atoms with Gasteiger partial charge in [-0.05, 0) is 25.0 Å². The largest absolute Gasteiger partial charge is 0.394 e. The number of nitro groups is 1. The molecule has 1 aromatic carbocycles. The SMILES string of the molecule is O=[N+]([O-])c1ccc(NC(CO)C2CCCO2)cc1. The second kappa shape index (κ2) is 5.79. The first kappa shape index (κ1) is 12.8. The van der Waals surface area contributed by atoms with Crippen molar-refractivity contribution in [1.82, 2.24) is 0 Å². The molecule has 0 radical (unpaired) electrons. The summed E-state index contributed by atoms with van der Waals surface area (Å²) in [6.45, 7) is 0.699. The summed E-state index contributed by atoms with van der Waals surface area (Å²) in [4.78, 5) is 10.1. The number of non-ortho nitro benzene ring substituents is 1. The number of nitrogens with one attached hydrogen (secondary N) is 1. The van der Waals surface area contributed by atoms with Gasteiger partial charge in [0.05, 0.1) is 23.7 Å². The van der Waals surface area contributed by atoms with Gasteiger partial charge in [0, 0.05) is 24.4 Å². The Hall–Kier alpha value is -1.66. The minimum absolute atomic E-state index is 0.00481. The fourth-order valence-electron chi connectivity index (χ4n) is 2.07. The van der Waals surface area contributed by atoms with Gasteiger partial charge in [0.2, 0.25) is 0 Å². The van der Waals surface area contributed by atoms with Crippen molar-refractivity contribution in [2.24, 2.45) is 0 Å². The summed E-state index contributed by atoms with van der Waals surface area (Å²) in [5, 5.41) is 23.0. The maximum Gasteiger partial charge on any atom is 0.269 e. The Morgan fingerprint density at radius 1 is 1.50 bits per heavy atom. The maximum absolute atomic E-state index is 10.5. The lowest BCUT2D eigenvalue weighted by Gasteiger charge is -2.23. The van der Waals surface area contributed by atoms with E-state index in [0.29, 0.717) is 0 Å². The Morgan fingerprint density at radius 2 is 2.22 bits per heavy atom. The highest BCUT2D eigenvalue weighted by Gasteiger charge is 2.25. The number of ether oxygens (including phenoxy) is 1. The number of nitrogens with zero attached hydrogens (tertiary/aromatic N) is 1. The number of benzene rings is 1. The van der Waals surface area contributed by atoms with E-state index in [4.69, 9.17) is 4.74 Å². The molecule has 1 saturated heterocycles. The molecule has 0 amide bonds. The van der Waals surface area contributed by atoms with Gasteiger partial charge in [0.15, 0.2) is 0 Å². The molecule has 1 aliphatic rings. The van der Waals surface area contributed by atoms with Crippen molar-refractivity contribution in [2.75, 3.05) is 18.5 Å². The molecule has 2 N–H and O–H groups in total. The van der Waals surface area contributed by atoms with E-state index in [-0.39, 0.29) is 24.4 Å². The van der Waals surface area contributed by atoms with Gasteiger partial charge in [-0.1, -0.05) is 0 Å². The second-order valence-electron chi connectivity index (χ2n) is 4.29. The summed E-state index contributed by atoms with van der Waals surface area (Å²) in [6.07, 6.45) is 1.93. The lowest BCUT2D eigenvalue weighted by molar-refractivity contribution is -0.384. The van der Waals surface area contributed by atoms with Crippen LogP contribution in [-0.4, -0.2) is 35.4 Å². The monoisotopic (exact) mass is 252 g/mol. The quantitative estimate of drug-likeness (QED) is 0.613. The van der Waals surface area contributed by atoms with Gasteiger partial charge >= 0.3 is 0 Å². The van der Waals surface area contributed by atoms with Crippen molar-refractivity contribution < 1.29 is 14.8 Å². The van der Waals surface area contributed by atoms with Crippen molar-refractivity contribution in [3.05, 3.63) is 34.4 Å². The minimum atomic E-state index is -0.437. The maximum atomic E-state index is 10.5. The molecule has 2 atom stereocenters. The zero-order chi connectivity index (χ0) is 13.0. The highest BCUT2D eigenvalue weighted by Crippen LogP contribution is 2.21. The Bertz CT molecular complexity index is 401.